The van der Waals surface area contributed by atoms with Crippen LogP contribution in [0.25, 0.3) is 0 Å². The van der Waals surface area contributed by atoms with Gasteiger partial charge >= 0.3 is 0 Å². The number of piperidine rings is 1. The van der Waals surface area contributed by atoms with Gasteiger partial charge in [0, 0.05) is 23.9 Å². The minimum absolute atomic E-state index is 0.0319. The van der Waals surface area contributed by atoms with Gasteiger partial charge in [-0.25, -0.2) is 4.98 Å². The number of nitrogens with one attached hydrogen (secondary N) is 1. The summed E-state index contributed by atoms with van der Waals surface area (Å²) in [6.45, 7) is 5.12. The molecule has 0 aliphatic carbocycles. The molecule has 150 valence electrons. The molecule has 0 radical (unpaired) electrons. The zero-order chi connectivity index (χ0) is 19.8. The van der Waals surface area contributed by atoms with Gasteiger partial charge in [-0.1, -0.05) is 6.42 Å². The Balaban J connectivity index is 1.34. The fraction of sp³-hybridized carbons (Fsp3) is 0.476. The SMILES string of the molecule is CC(=O)c1ccc(OCCCC(=O)Nc2nc(CN3CCCCC3)cs2)cc1. The molecule has 7 heteroatoms. The van der Waals surface area contributed by atoms with Crippen molar-refractivity contribution in [1.82, 2.24) is 9.88 Å². The molecule has 28 heavy (non-hydrogen) atoms. The number of hydrogen-bond donors (Lipinski definition) is 1. The molecule has 1 fully saturated rings. The lowest BCUT2D eigenvalue weighted by Gasteiger charge is -2.25. The Kier molecular flexibility index (Phi) is 7.56. The Labute approximate surface area is 169 Å². The van der Waals surface area contributed by atoms with Gasteiger partial charge in [0.1, 0.15) is 5.75 Å². The number of Topliss-reactive ketones (excluding diaryl/α,β-unsaturated/α-hetero) is 1. The first-order valence-electron chi connectivity index (χ1n) is 9.80. The van der Waals surface area contributed by atoms with Crippen LogP contribution in [0.15, 0.2) is 29.6 Å². The van der Waals surface area contributed by atoms with E-state index in [4.69, 9.17) is 4.74 Å². The maximum atomic E-state index is 12.1. The van der Waals surface area contributed by atoms with E-state index < -0.39 is 0 Å². The summed E-state index contributed by atoms with van der Waals surface area (Å²) in [7, 11) is 0. The van der Waals surface area contributed by atoms with Gasteiger partial charge in [-0.2, -0.15) is 0 Å². The Hall–Kier alpha value is -2.25. The molecular weight excluding hydrogens is 374 g/mol. The smallest absolute Gasteiger partial charge is 0.226 e. The number of hydrogen-bond acceptors (Lipinski definition) is 6. The van der Waals surface area contributed by atoms with Crippen LogP contribution in [0.2, 0.25) is 0 Å². The van der Waals surface area contributed by atoms with Crippen molar-refractivity contribution in [2.45, 2.75) is 45.6 Å². The van der Waals surface area contributed by atoms with Crippen LogP contribution in [0.5, 0.6) is 5.75 Å². The zero-order valence-corrected chi connectivity index (χ0v) is 17.1. The van der Waals surface area contributed by atoms with Gasteiger partial charge in [0.2, 0.25) is 5.91 Å². The van der Waals surface area contributed by atoms with Crippen molar-refractivity contribution < 1.29 is 14.3 Å². The van der Waals surface area contributed by atoms with E-state index in [0.717, 1.165) is 25.3 Å². The summed E-state index contributed by atoms with van der Waals surface area (Å²) in [5.74, 6) is 0.687. The van der Waals surface area contributed by atoms with Crippen molar-refractivity contribution in [1.29, 1.82) is 0 Å². The first-order valence-corrected chi connectivity index (χ1v) is 10.7. The minimum atomic E-state index is -0.0469. The third-order valence-corrected chi connectivity index (χ3v) is 5.52. The van der Waals surface area contributed by atoms with Crippen molar-refractivity contribution in [3.63, 3.8) is 0 Å². The highest BCUT2D eigenvalue weighted by molar-refractivity contribution is 7.13. The summed E-state index contributed by atoms with van der Waals surface area (Å²) in [5, 5.41) is 5.57. The van der Waals surface area contributed by atoms with Gasteiger partial charge in [0.15, 0.2) is 10.9 Å². The first-order chi connectivity index (χ1) is 13.6. The maximum Gasteiger partial charge on any atom is 0.226 e. The Morgan fingerprint density at radius 1 is 1.18 bits per heavy atom. The number of carbonyl (C=O) groups excluding carboxylic acids is 2. The lowest BCUT2D eigenvalue weighted by atomic mass is 10.1. The van der Waals surface area contributed by atoms with Crippen LogP contribution in [0.4, 0.5) is 5.13 Å². The maximum absolute atomic E-state index is 12.1. The number of thiazole rings is 1. The highest BCUT2D eigenvalue weighted by Crippen LogP contribution is 2.19. The Morgan fingerprint density at radius 2 is 1.93 bits per heavy atom. The highest BCUT2D eigenvalue weighted by atomic mass is 32.1. The standard InChI is InChI=1S/C21H27N3O3S/c1-16(25)17-7-9-19(10-8-17)27-13-5-6-20(26)23-21-22-18(15-28-21)14-24-11-3-2-4-12-24/h7-10,15H,2-6,11-14H2,1H3,(H,22,23,26). The number of nitrogens with zero attached hydrogens (tertiary/aromatic N) is 2. The monoisotopic (exact) mass is 401 g/mol. The second-order valence-corrected chi connectivity index (χ2v) is 7.92. The van der Waals surface area contributed by atoms with Crippen LogP contribution >= 0.6 is 11.3 Å². The number of anilines is 1. The molecule has 0 bridgehead atoms. The average molecular weight is 402 g/mol. The number of amides is 1. The van der Waals surface area contributed by atoms with E-state index in [2.05, 4.69) is 15.2 Å². The van der Waals surface area contributed by atoms with Gasteiger partial charge in [0.25, 0.3) is 0 Å². The van der Waals surface area contributed by atoms with Crippen LogP contribution in [0, 0.1) is 0 Å². The molecule has 0 atom stereocenters. The molecule has 3 rings (SSSR count). The predicted octanol–water partition coefficient (Wildman–Crippen LogP) is 4.13. The molecule has 1 aliphatic rings. The molecule has 0 spiro atoms. The third-order valence-electron chi connectivity index (χ3n) is 4.71. The molecule has 6 nitrogen and oxygen atoms in total. The summed E-state index contributed by atoms with van der Waals surface area (Å²) in [5.41, 5.74) is 1.69. The van der Waals surface area contributed by atoms with E-state index in [0.29, 0.717) is 35.9 Å². The van der Waals surface area contributed by atoms with Crippen LogP contribution in [-0.4, -0.2) is 41.3 Å². The molecule has 2 aromatic rings. The number of ether oxygens (including phenoxy) is 1. The Morgan fingerprint density at radius 3 is 2.64 bits per heavy atom. The third kappa shape index (κ3) is 6.42. The summed E-state index contributed by atoms with van der Waals surface area (Å²) in [6, 6.07) is 7.04. The molecule has 1 saturated heterocycles. The van der Waals surface area contributed by atoms with Gasteiger partial charge in [-0.3, -0.25) is 14.5 Å². The Bertz CT molecular complexity index is 782. The van der Waals surface area contributed by atoms with Crippen molar-refractivity contribution in [2.24, 2.45) is 0 Å². The summed E-state index contributed by atoms with van der Waals surface area (Å²) >= 11 is 1.48. The fourth-order valence-electron chi connectivity index (χ4n) is 3.17. The molecule has 1 N–H and O–H groups in total. The topological polar surface area (TPSA) is 71.5 Å². The van der Waals surface area contributed by atoms with E-state index >= 15 is 0 Å². The largest absolute Gasteiger partial charge is 0.494 e. The first kappa shape index (κ1) is 20.5. The van der Waals surface area contributed by atoms with Crippen LogP contribution in [-0.2, 0) is 11.3 Å². The second-order valence-electron chi connectivity index (χ2n) is 7.06. The van der Waals surface area contributed by atoms with Gasteiger partial charge < -0.3 is 10.1 Å². The van der Waals surface area contributed by atoms with Gasteiger partial charge in [0.05, 0.1) is 12.3 Å². The number of carbonyl (C=O) groups is 2. The normalized spacial score (nSPS) is 14.6. The van der Waals surface area contributed by atoms with Gasteiger partial charge in [-0.05, 0) is 63.5 Å². The van der Waals surface area contributed by atoms with E-state index in [1.165, 1.54) is 37.5 Å². The lowest BCUT2D eigenvalue weighted by Crippen LogP contribution is -2.29. The molecule has 1 amide bonds. The molecular formula is C21H27N3O3S. The average Bonchev–Trinajstić information content (AvgIpc) is 3.13. The summed E-state index contributed by atoms with van der Waals surface area (Å²) in [4.78, 5) is 30.3. The zero-order valence-electron chi connectivity index (χ0n) is 16.3. The lowest BCUT2D eigenvalue weighted by molar-refractivity contribution is -0.116. The second kappa shape index (κ2) is 10.3. The number of aromatic nitrogens is 1. The number of ketones is 1. The number of likely N-dealkylation sites (tertiary alicyclic amines) is 1. The summed E-state index contributed by atoms with van der Waals surface area (Å²) < 4.78 is 5.62. The van der Waals surface area contributed by atoms with Crippen molar-refractivity contribution in [3.05, 3.63) is 40.9 Å². The number of benzene rings is 1. The molecule has 0 saturated carbocycles. The van der Waals surface area contributed by atoms with E-state index in [1.54, 1.807) is 24.3 Å². The van der Waals surface area contributed by atoms with Gasteiger partial charge in [-0.15, -0.1) is 11.3 Å². The van der Waals surface area contributed by atoms with Crippen LogP contribution in [0.3, 0.4) is 0 Å². The summed E-state index contributed by atoms with van der Waals surface area (Å²) in [6.07, 6.45) is 4.84. The predicted molar refractivity (Wildman–Crippen MR) is 111 cm³/mol. The van der Waals surface area contributed by atoms with E-state index in [1.807, 2.05) is 5.38 Å². The van der Waals surface area contributed by atoms with Crippen LogP contribution < -0.4 is 10.1 Å². The minimum Gasteiger partial charge on any atom is -0.494 e. The van der Waals surface area contributed by atoms with Crippen LogP contribution in [0.1, 0.15) is 55.1 Å². The molecule has 1 aliphatic heterocycles. The molecule has 1 aromatic carbocycles. The molecule has 0 unspecified atom stereocenters. The van der Waals surface area contributed by atoms with E-state index in [9.17, 15) is 9.59 Å². The van der Waals surface area contributed by atoms with Crippen molar-refractivity contribution >= 4 is 28.2 Å². The van der Waals surface area contributed by atoms with Crippen molar-refractivity contribution in [3.8, 4) is 5.75 Å². The fourth-order valence-corrected chi connectivity index (χ4v) is 3.89. The quantitative estimate of drug-likeness (QED) is 0.505. The van der Waals surface area contributed by atoms with E-state index in [-0.39, 0.29) is 11.7 Å². The molecule has 1 aromatic heterocycles. The number of rotatable bonds is 9. The van der Waals surface area contributed by atoms with Crippen molar-refractivity contribution in [2.75, 3.05) is 25.0 Å². The highest BCUT2D eigenvalue weighted by Gasteiger charge is 2.13. The molecule has 2 heterocycles.